The topological polar surface area (TPSA) is 154 Å². The van der Waals surface area contributed by atoms with Gasteiger partial charge in [-0.25, -0.2) is 9.59 Å². The number of pyridine rings is 2. The van der Waals surface area contributed by atoms with Gasteiger partial charge in [0.15, 0.2) is 0 Å². The number of carbonyl (C=O) groups excluding carboxylic acids is 1. The first-order valence-corrected chi connectivity index (χ1v) is 20.0. The molecule has 4 heterocycles. The van der Waals surface area contributed by atoms with Crippen LogP contribution in [0.3, 0.4) is 0 Å². The summed E-state index contributed by atoms with van der Waals surface area (Å²) in [6.45, 7) is 2.06. The minimum atomic E-state index is -1.17. The minimum absolute atomic E-state index is 0. The van der Waals surface area contributed by atoms with Gasteiger partial charge in [-0.15, -0.1) is 0 Å². The van der Waals surface area contributed by atoms with Crippen molar-refractivity contribution in [3.8, 4) is 11.5 Å². The summed E-state index contributed by atoms with van der Waals surface area (Å²) in [6, 6.07) is 17.1. The number of aromatic carboxylic acids is 1. The van der Waals surface area contributed by atoms with E-state index < -0.39 is 17.5 Å². The highest BCUT2D eigenvalue weighted by Gasteiger charge is 2.56. The molecule has 4 aliphatic carbocycles. The number of methoxy groups -OCH3 is 3. The number of aromatic amines is 2. The van der Waals surface area contributed by atoms with Crippen LogP contribution in [0.1, 0.15) is 85.8 Å². The van der Waals surface area contributed by atoms with Crippen molar-refractivity contribution in [2.45, 2.75) is 81.7 Å². The molecule has 0 radical (unpaired) electrons. The van der Waals surface area contributed by atoms with Crippen LogP contribution in [0.25, 0.3) is 0 Å². The van der Waals surface area contributed by atoms with Gasteiger partial charge in [0, 0.05) is 34.3 Å². The number of carboxylic acids is 1. The van der Waals surface area contributed by atoms with E-state index in [2.05, 4.69) is 58.1 Å². The fourth-order valence-electron chi connectivity index (χ4n) is 11.9. The molecule has 4 aromatic rings. The summed E-state index contributed by atoms with van der Waals surface area (Å²) in [4.78, 5) is 59.1. The summed E-state index contributed by atoms with van der Waals surface area (Å²) in [7, 11) is 9.11. The van der Waals surface area contributed by atoms with E-state index >= 15 is 0 Å². The Balaban J connectivity index is 0.000000159. The number of ether oxygens (including phenoxy) is 3. The Morgan fingerprint density at radius 2 is 1.12 bits per heavy atom. The van der Waals surface area contributed by atoms with Gasteiger partial charge >= 0.3 is 11.9 Å². The Kier molecular flexibility index (Phi) is 9.95. The summed E-state index contributed by atoms with van der Waals surface area (Å²) >= 11 is 0. The van der Waals surface area contributed by atoms with Gasteiger partial charge in [-0.1, -0.05) is 19.6 Å². The second-order valence-electron chi connectivity index (χ2n) is 17.2. The number of esters is 1. The number of nitrogens with one attached hydrogen (secondary N) is 2. The molecule has 12 heteroatoms. The Morgan fingerprint density at radius 1 is 0.672 bits per heavy atom. The number of likely N-dealkylation sites (N-methyl/N-ethyl adjacent to an activating group) is 2. The standard InChI is InChI=1S/C23H26N2O4.C22H24N2O4.CH4/c1-25-7-6-23-12-19-14(8-16(21(26)24-19)22(27)29-3)9-18(23)20(25)10-13-4-5-15(28-2)11-17(13)23;1-24-6-5-22-11-18-13(7-15(21(26)27)20(25)23-18)8-17(22)19(24)9-12-3-4-14(28-2)10-16(12)22;/h4-5,8,11,18,20H,6-7,9-10,12H2,1-3H3,(H,24,26);3-4,7,10,17,19H,5-6,8-9,11H2,1-2H3,(H,23,25)(H,26,27);1H4/t18-,20+,23+;17-,19+,22+;/m00./s1. The second kappa shape index (κ2) is 14.6. The Hall–Kier alpha value is -5.20. The number of hydrogen-bond acceptors (Lipinski definition) is 9. The normalized spacial score (nSPS) is 27.3. The first-order chi connectivity index (χ1) is 27.4. The van der Waals surface area contributed by atoms with E-state index in [9.17, 15) is 24.3 Å². The molecule has 0 saturated carbocycles. The zero-order valence-corrected chi connectivity index (χ0v) is 33.2. The van der Waals surface area contributed by atoms with Crippen molar-refractivity contribution in [3.63, 3.8) is 0 Å². The minimum Gasteiger partial charge on any atom is -0.497 e. The maximum absolute atomic E-state index is 12.5. The Bertz CT molecular complexity index is 2440. The monoisotopic (exact) mass is 790 g/mol. The number of H-pyrrole nitrogens is 2. The highest BCUT2D eigenvalue weighted by atomic mass is 16.5. The lowest BCUT2D eigenvalue weighted by Crippen LogP contribution is -2.61. The van der Waals surface area contributed by atoms with Crippen LogP contribution in [0.15, 0.2) is 58.1 Å². The number of piperidine rings is 2. The van der Waals surface area contributed by atoms with Crippen molar-refractivity contribution in [2.24, 2.45) is 11.8 Å². The third-order valence-corrected chi connectivity index (χ3v) is 14.8. The van der Waals surface area contributed by atoms with E-state index in [1.807, 2.05) is 12.1 Å². The number of likely N-dealkylation sites (tertiary alicyclic amines) is 2. The van der Waals surface area contributed by atoms with E-state index in [4.69, 9.17) is 14.2 Å². The number of carbonyl (C=O) groups is 2. The molecule has 2 fully saturated rings. The van der Waals surface area contributed by atoms with Crippen LogP contribution in [0, 0.1) is 11.8 Å². The number of carboxylic acid groups (broad SMARTS) is 1. The fraction of sp³-hybridized carbons (Fsp3) is 0.478. The van der Waals surface area contributed by atoms with Gasteiger partial charge < -0.3 is 39.1 Å². The third kappa shape index (κ3) is 6.01. The van der Waals surface area contributed by atoms with Crippen LogP contribution in [0.2, 0.25) is 0 Å². The lowest BCUT2D eigenvalue weighted by Gasteiger charge is -2.58. The van der Waals surface area contributed by atoms with Crippen LogP contribution < -0.4 is 20.6 Å². The summed E-state index contributed by atoms with van der Waals surface area (Å²) in [5.41, 5.74) is 8.36. The summed E-state index contributed by atoms with van der Waals surface area (Å²) < 4.78 is 15.8. The zero-order valence-electron chi connectivity index (χ0n) is 33.2. The van der Waals surface area contributed by atoms with Crippen molar-refractivity contribution >= 4 is 11.9 Å². The van der Waals surface area contributed by atoms with E-state index in [-0.39, 0.29) is 34.9 Å². The molecule has 2 aromatic carbocycles. The molecule has 0 spiro atoms. The van der Waals surface area contributed by atoms with E-state index in [1.165, 1.54) is 29.4 Å². The molecule has 2 saturated heterocycles. The first-order valence-electron chi connectivity index (χ1n) is 20.0. The van der Waals surface area contributed by atoms with Gasteiger partial charge in [0.25, 0.3) is 11.1 Å². The van der Waals surface area contributed by atoms with Crippen LogP contribution in [-0.2, 0) is 54.1 Å². The largest absolute Gasteiger partial charge is 0.497 e. The maximum atomic E-state index is 12.5. The molecule has 2 aliphatic heterocycles. The number of aromatic nitrogens is 2. The first kappa shape index (κ1) is 39.6. The molecule has 6 aliphatic rings. The molecule has 10 rings (SSSR count). The van der Waals surface area contributed by atoms with Crippen LogP contribution in [0.5, 0.6) is 11.5 Å². The summed E-state index contributed by atoms with van der Waals surface area (Å²) in [5.74, 6) is 0.834. The van der Waals surface area contributed by atoms with Crippen LogP contribution in [0.4, 0.5) is 0 Å². The van der Waals surface area contributed by atoms with Crippen molar-refractivity contribution in [3.05, 3.63) is 125 Å². The highest BCUT2D eigenvalue weighted by molar-refractivity contribution is 5.89. The molecule has 0 amide bonds. The molecule has 6 atom stereocenters. The smallest absolute Gasteiger partial charge is 0.343 e. The number of hydrogen-bond donors (Lipinski definition) is 3. The maximum Gasteiger partial charge on any atom is 0.343 e. The Labute approximate surface area is 338 Å². The zero-order chi connectivity index (χ0) is 40.0. The van der Waals surface area contributed by atoms with Gasteiger partial charge in [-0.3, -0.25) is 9.59 Å². The highest BCUT2D eigenvalue weighted by Crippen LogP contribution is 2.56. The van der Waals surface area contributed by atoms with Gasteiger partial charge in [0.2, 0.25) is 0 Å². The summed E-state index contributed by atoms with van der Waals surface area (Å²) in [5, 5.41) is 9.35. The van der Waals surface area contributed by atoms with Crippen LogP contribution in [-0.4, -0.2) is 97.4 Å². The van der Waals surface area contributed by atoms with E-state index in [1.54, 1.807) is 26.4 Å². The number of benzene rings is 2. The molecule has 4 bridgehead atoms. The molecule has 3 N–H and O–H groups in total. The SMILES string of the molecule is C.COC(=O)c1cc2c([nH]c1=O)C[C@]13CCN(C)[C@H](Cc4ccc(OC)cc41)[C@@H]3C2.COc1ccc2c(c1)[C@]13CCN(C)[C@H](C2)[C@@H]1Cc1cc(C(=O)O)c(=O)[nH]c1C3. The lowest BCUT2D eigenvalue weighted by atomic mass is 9.52. The average Bonchev–Trinajstić information content (AvgIpc) is 3.21. The van der Waals surface area contributed by atoms with Gasteiger partial charge in [-0.05, 0) is 160 Å². The molecular weight excluding hydrogens is 737 g/mol. The van der Waals surface area contributed by atoms with Crippen LogP contribution >= 0.6 is 0 Å². The van der Waals surface area contributed by atoms with Gasteiger partial charge in [0.1, 0.15) is 22.6 Å². The third-order valence-electron chi connectivity index (χ3n) is 14.8. The average molecular weight is 791 g/mol. The molecule has 0 unspecified atom stereocenters. The summed E-state index contributed by atoms with van der Waals surface area (Å²) in [6.07, 6.45) is 7.25. The molecule has 2 aromatic heterocycles. The van der Waals surface area contributed by atoms with E-state index in [0.717, 1.165) is 98.5 Å². The quantitative estimate of drug-likeness (QED) is 0.248. The Morgan fingerprint density at radius 3 is 1.55 bits per heavy atom. The van der Waals surface area contributed by atoms with Gasteiger partial charge in [-0.2, -0.15) is 0 Å². The second-order valence-corrected chi connectivity index (χ2v) is 17.2. The van der Waals surface area contributed by atoms with E-state index in [0.29, 0.717) is 23.9 Å². The predicted molar refractivity (Wildman–Crippen MR) is 220 cm³/mol. The van der Waals surface area contributed by atoms with Crippen molar-refractivity contribution < 1.29 is 28.9 Å². The number of fused-ring (bicyclic) bond motifs is 4. The van der Waals surface area contributed by atoms with Crippen molar-refractivity contribution in [1.82, 2.24) is 19.8 Å². The van der Waals surface area contributed by atoms with Crippen molar-refractivity contribution in [1.29, 1.82) is 0 Å². The molecule has 306 valence electrons. The van der Waals surface area contributed by atoms with Gasteiger partial charge in [0.05, 0.1) is 21.3 Å². The number of rotatable bonds is 4. The fourth-order valence-corrected chi connectivity index (χ4v) is 11.9. The predicted octanol–water partition coefficient (Wildman–Crippen LogP) is 4.71. The van der Waals surface area contributed by atoms with Crippen molar-refractivity contribution in [2.75, 3.05) is 48.5 Å². The lowest BCUT2D eigenvalue weighted by molar-refractivity contribution is 0.0233. The molecule has 12 nitrogen and oxygen atoms in total. The molecular formula is C46H54N4O8. The molecule has 58 heavy (non-hydrogen) atoms. The number of nitrogens with zero attached hydrogens (tertiary/aromatic N) is 2.